The molecule has 0 bridgehead atoms. The van der Waals surface area contributed by atoms with Gasteiger partial charge < -0.3 is 9.88 Å². The molecule has 1 saturated carbocycles. The molecule has 2 N–H and O–H groups in total. The number of aryl methyl sites for hydroxylation is 1. The van der Waals surface area contributed by atoms with Crippen LogP contribution in [0.5, 0.6) is 0 Å². The molecule has 114 valence electrons. The minimum atomic E-state index is -3.37. The zero-order valence-electron chi connectivity index (χ0n) is 12.4. The second-order valence-electron chi connectivity index (χ2n) is 5.65. The summed E-state index contributed by atoms with van der Waals surface area (Å²) >= 11 is 0. The third-order valence-electron chi connectivity index (χ3n) is 4.07. The summed E-state index contributed by atoms with van der Waals surface area (Å²) in [5, 5.41) is 3.03. The molecule has 1 aliphatic carbocycles. The fraction of sp³-hybridized carbons (Fsp3) is 0.714. The SMILES string of the molecule is CNCc1cc(S(=O)(=O)NCCC2CCCC2)cn1C. The Morgan fingerprint density at radius 2 is 2.05 bits per heavy atom. The maximum absolute atomic E-state index is 12.2. The fourth-order valence-corrected chi connectivity index (χ4v) is 4.00. The van der Waals surface area contributed by atoms with E-state index in [1.165, 1.54) is 25.7 Å². The second kappa shape index (κ2) is 6.74. The summed E-state index contributed by atoms with van der Waals surface area (Å²) in [6, 6.07) is 1.73. The molecule has 0 aromatic carbocycles. The summed E-state index contributed by atoms with van der Waals surface area (Å²) in [5.41, 5.74) is 0.962. The van der Waals surface area contributed by atoms with E-state index in [9.17, 15) is 8.42 Å². The van der Waals surface area contributed by atoms with E-state index in [0.717, 1.165) is 12.1 Å². The Morgan fingerprint density at radius 1 is 1.35 bits per heavy atom. The lowest BCUT2D eigenvalue weighted by atomic mass is 10.1. The third-order valence-corrected chi connectivity index (χ3v) is 5.50. The van der Waals surface area contributed by atoms with Crippen molar-refractivity contribution in [3.8, 4) is 0 Å². The molecular weight excluding hydrogens is 274 g/mol. The molecule has 0 unspecified atom stereocenters. The predicted octanol–water partition coefficient (Wildman–Crippen LogP) is 1.60. The molecule has 0 amide bonds. The first-order chi connectivity index (χ1) is 9.53. The van der Waals surface area contributed by atoms with Gasteiger partial charge >= 0.3 is 0 Å². The van der Waals surface area contributed by atoms with E-state index in [-0.39, 0.29) is 0 Å². The van der Waals surface area contributed by atoms with Crippen LogP contribution < -0.4 is 10.0 Å². The first kappa shape index (κ1) is 15.5. The molecule has 6 heteroatoms. The summed E-state index contributed by atoms with van der Waals surface area (Å²) in [6.07, 6.45) is 7.71. The van der Waals surface area contributed by atoms with Gasteiger partial charge in [-0.2, -0.15) is 0 Å². The molecular formula is C14H25N3O2S. The lowest BCUT2D eigenvalue weighted by Crippen LogP contribution is -2.25. The van der Waals surface area contributed by atoms with Crippen molar-refractivity contribution < 1.29 is 8.42 Å². The lowest BCUT2D eigenvalue weighted by Gasteiger charge is -2.09. The highest BCUT2D eigenvalue weighted by Gasteiger charge is 2.19. The van der Waals surface area contributed by atoms with Gasteiger partial charge in [-0.3, -0.25) is 0 Å². The number of aromatic nitrogens is 1. The third kappa shape index (κ3) is 3.84. The van der Waals surface area contributed by atoms with Gasteiger partial charge in [-0.25, -0.2) is 13.1 Å². The van der Waals surface area contributed by atoms with E-state index in [4.69, 9.17) is 0 Å². The Morgan fingerprint density at radius 3 is 2.70 bits per heavy atom. The van der Waals surface area contributed by atoms with Gasteiger partial charge in [0.1, 0.15) is 0 Å². The molecule has 0 atom stereocenters. The zero-order chi connectivity index (χ0) is 14.6. The summed E-state index contributed by atoms with van der Waals surface area (Å²) in [6.45, 7) is 1.21. The van der Waals surface area contributed by atoms with Crippen LogP contribution in [-0.2, 0) is 23.6 Å². The van der Waals surface area contributed by atoms with Gasteiger partial charge in [0.25, 0.3) is 0 Å². The number of hydrogen-bond acceptors (Lipinski definition) is 3. The maximum atomic E-state index is 12.2. The van der Waals surface area contributed by atoms with Crippen molar-refractivity contribution in [2.45, 2.75) is 43.5 Å². The van der Waals surface area contributed by atoms with Gasteiger partial charge in [0.15, 0.2) is 0 Å². The number of sulfonamides is 1. The molecule has 5 nitrogen and oxygen atoms in total. The largest absolute Gasteiger partial charge is 0.352 e. The molecule has 1 aliphatic rings. The Bertz CT molecular complexity index is 531. The van der Waals surface area contributed by atoms with Crippen molar-refractivity contribution in [1.29, 1.82) is 0 Å². The van der Waals surface area contributed by atoms with Crippen LogP contribution in [0.15, 0.2) is 17.2 Å². The monoisotopic (exact) mass is 299 g/mol. The van der Waals surface area contributed by atoms with Gasteiger partial charge in [-0.05, 0) is 25.5 Å². The van der Waals surface area contributed by atoms with Crippen LogP contribution in [0, 0.1) is 5.92 Å². The smallest absolute Gasteiger partial charge is 0.242 e. The van der Waals surface area contributed by atoms with E-state index in [1.54, 1.807) is 12.3 Å². The van der Waals surface area contributed by atoms with E-state index in [0.29, 0.717) is 23.9 Å². The second-order valence-corrected chi connectivity index (χ2v) is 7.41. The van der Waals surface area contributed by atoms with Crippen LogP contribution in [0.1, 0.15) is 37.8 Å². The quantitative estimate of drug-likeness (QED) is 0.804. The number of rotatable bonds is 7. The van der Waals surface area contributed by atoms with E-state index in [2.05, 4.69) is 10.0 Å². The van der Waals surface area contributed by atoms with Crippen LogP contribution in [-0.4, -0.2) is 26.6 Å². The van der Waals surface area contributed by atoms with Crippen molar-refractivity contribution >= 4 is 10.0 Å². The first-order valence-corrected chi connectivity index (χ1v) is 8.81. The average Bonchev–Trinajstić information content (AvgIpc) is 3.01. The van der Waals surface area contributed by atoms with Crippen molar-refractivity contribution in [1.82, 2.24) is 14.6 Å². The highest BCUT2D eigenvalue weighted by atomic mass is 32.2. The molecule has 20 heavy (non-hydrogen) atoms. The summed E-state index contributed by atoms with van der Waals surface area (Å²) in [5.74, 6) is 0.702. The molecule has 1 heterocycles. The number of nitrogens with one attached hydrogen (secondary N) is 2. The van der Waals surface area contributed by atoms with Crippen LogP contribution in [0.2, 0.25) is 0 Å². The highest BCUT2D eigenvalue weighted by molar-refractivity contribution is 7.89. The van der Waals surface area contributed by atoms with E-state index < -0.39 is 10.0 Å². The van der Waals surface area contributed by atoms with Crippen LogP contribution in [0.4, 0.5) is 0 Å². The Labute approximate surface area is 121 Å². The highest BCUT2D eigenvalue weighted by Crippen LogP contribution is 2.27. The van der Waals surface area contributed by atoms with Crippen molar-refractivity contribution in [2.75, 3.05) is 13.6 Å². The van der Waals surface area contributed by atoms with Crippen molar-refractivity contribution in [3.63, 3.8) is 0 Å². The van der Waals surface area contributed by atoms with Crippen molar-refractivity contribution in [3.05, 3.63) is 18.0 Å². The lowest BCUT2D eigenvalue weighted by molar-refractivity contribution is 0.495. The number of hydrogen-bond donors (Lipinski definition) is 2. The van der Waals surface area contributed by atoms with E-state index in [1.807, 2.05) is 18.7 Å². The molecule has 0 aliphatic heterocycles. The average molecular weight is 299 g/mol. The van der Waals surface area contributed by atoms with Crippen molar-refractivity contribution in [2.24, 2.45) is 13.0 Å². The van der Waals surface area contributed by atoms with E-state index >= 15 is 0 Å². The summed E-state index contributed by atoms with van der Waals surface area (Å²) in [4.78, 5) is 0.358. The molecule has 0 saturated heterocycles. The molecule has 1 aromatic rings. The zero-order valence-corrected chi connectivity index (χ0v) is 13.2. The topological polar surface area (TPSA) is 63.1 Å². The Kier molecular flexibility index (Phi) is 5.23. The number of nitrogens with zero attached hydrogens (tertiary/aromatic N) is 1. The van der Waals surface area contributed by atoms with Crippen LogP contribution >= 0.6 is 0 Å². The minimum Gasteiger partial charge on any atom is -0.352 e. The standard InChI is InChI=1S/C14H25N3O2S/c1-15-10-13-9-14(11-17(13)2)20(18,19)16-8-7-12-5-3-4-6-12/h9,11-12,15-16H,3-8,10H2,1-2H3. The summed E-state index contributed by atoms with van der Waals surface area (Å²) in [7, 11) is 0.343. The van der Waals surface area contributed by atoms with Gasteiger partial charge in [0.05, 0.1) is 4.90 Å². The van der Waals surface area contributed by atoms with Crippen LogP contribution in [0.25, 0.3) is 0 Å². The maximum Gasteiger partial charge on any atom is 0.242 e. The molecule has 0 radical (unpaired) electrons. The molecule has 0 spiro atoms. The van der Waals surface area contributed by atoms with Gasteiger partial charge in [-0.1, -0.05) is 25.7 Å². The van der Waals surface area contributed by atoms with Gasteiger partial charge in [0, 0.05) is 32.0 Å². The Balaban J connectivity index is 1.93. The Hall–Kier alpha value is -0.850. The van der Waals surface area contributed by atoms with Crippen LogP contribution in [0.3, 0.4) is 0 Å². The fourth-order valence-electron chi connectivity index (χ4n) is 2.86. The minimum absolute atomic E-state index is 0.358. The van der Waals surface area contributed by atoms with Gasteiger partial charge in [-0.15, -0.1) is 0 Å². The molecule has 1 aromatic heterocycles. The molecule has 2 rings (SSSR count). The predicted molar refractivity (Wildman–Crippen MR) is 79.9 cm³/mol. The normalized spacial score (nSPS) is 16.9. The summed E-state index contributed by atoms with van der Waals surface area (Å²) < 4.78 is 29.0. The van der Waals surface area contributed by atoms with Gasteiger partial charge in [0.2, 0.25) is 10.0 Å². The first-order valence-electron chi connectivity index (χ1n) is 7.32. The molecule has 1 fully saturated rings.